The molecule has 222 valence electrons. The summed E-state index contributed by atoms with van der Waals surface area (Å²) < 4.78 is 0. The molecule has 1 aromatic rings. The molecule has 9 nitrogen and oxygen atoms in total. The molecule has 3 aliphatic rings. The summed E-state index contributed by atoms with van der Waals surface area (Å²) in [6, 6.07) is 1.73. The van der Waals surface area contributed by atoms with Gasteiger partial charge in [0.1, 0.15) is 17.5 Å². The van der Waals surface area contributed by atoms with E-state index < -0.39 is 63.6 Å². The minimum Gasteiger partial charge on any atom is -0.505 e. The normalized spacial score (nSPS) is 31.3. The first kappa shape index (κ1) is 30.8. The molecule has 2 saturated carbocycles. The maximum atomic E-state index is 14.2. The molecule has 0 aromatic heterocycles. The predicted octanol–water partition coefficient (Wildman–Crippen LogP) is 3.46. The van der Waals surface area contributed by atoms with Crippen LogP contribution in [0.3, 0.4) is 0 Å². The lowest BCUT2D eigenvalue weighted by atomic mass is 9.45. The van der Waals surface area contributed by atoms with E-state index in [1.807, 2.05) is 13.8 Å². The van der Waals surface area contributed by atoms with Gasteiger partial charge in [0.05, 0.1) is 23.7 Å². The van der Waals surface area contributed by atoms with Gasteiger partial charge in [0.2, 0.25) is 0 Å². The van der Waals surface area contributed by atoms with E-state index >= 15 is 0 Å². The Morgan fingerprint density at radius 3 is 2.17 bits per heavy atom. The zero-order valence-electron chi connectivity index (χ0n) is 25.1. The summed E-state index contributed by atoms with van der Waals surface area (Å²) in [5.41, 5.74) is -2.24. The first-order chi connectivity index (χ1) is 18.9. The summed E-state index contributed by atoms with van der Waals surface area (Å²) in [4.78, 5) is 80.2. The molecule has 1 aromatic carbocycles. The molecule has 0 aliphatic heterocycles. The number of anilines is 1. The Labute approximate surface area is 240 Å². The fourth-order valence-corrected chi connectivity index (χ4v) is 7.48. The highest BCUT2D eigenvalue weighted by Crippen LogP contribution is 2.59. The van der Waals surface area contributed by atoms with E-state index in [2.05, 4.69) is 5.32 Å². The summed E-state index contributed by atoms with van der Waals surface area (Å²) in [6.07, 6.45) is 0.240. The van der Waals surface area contributed by atoms with Crippen LogP contribution in [0.5, 0.6) is 5.75 Å². The number of hydrogen-bond acceptors (Lipinski definition) is 9. The van der Waals surface area contributed by atoms with Crippen molar-refractivity contribution in [2.24, 2.45) is 40.9 Å². The fourth-order valence-electron chi connectivity index (χ4n) is 7.48. The maximum Gasteiger partial charge on any atom is 0.190 e. The van der Waals surface area contributed by atoms with Gasteiger partial charge in [0.15, 0.2) is 34.5 Å². The van der Waals surface area contributed by atoms with E-state index in [-0.39, 0.29) is 59.9 Å². The highest BCUT2D eigenvalue weighted by atomic mass is 16.3. The number of carbonyl (C=O) groups is 6. The van der Waals surface area contributed by atoms with E-state index in [0.29, 0.717) is 5.56 Å². The average Bonchev–Trinajstić information content (AvgIpc) is 2.84. The Balaban J connectivity index is 1.90. The molecule has 3 N–H and O–H groups in total. The number of fused-ring (bicyclic) bond motifs is 3. The summed E-state index contributed by atoms with van der Waals surface area (Å²) in [5.74, 6) is -10.6. The van der Waals surface area contributed by atoms with Crippen molar-refractivity contribution in [2.75, 3.05) is 11.9 Å². The Hall–Kier alpha value is -3.20. The molecule has 2 fully saturated rings. The number of carbonyl (C=O) groups excluding carboxylic acids is 6. The molecule has 3 aliphatic carbocycles. The van der Waals surface area contributed by atoms with Gasteiger partial charge in [0.25, 0.3) is 0 Å². The molecule has 0 spiro atoms. The van der Waals surface area contributed by atoms with Crippen LogP contribution in [0.25, 0.3) is 0 Å². The lowest BCUT2D eigenvalue weighted by molar-refractivity contribution is -0.186. The van der Waals surface area contributed by atoms with Gasteiger partial charge in [-0.05, 0) is 54.2 Å². The first-order valence-corrected chi connectivity index (χ1v) is 14.4. The summed E-state index contributed by atoms with van der Waals surface area (Å²) in [7, 11) is 0. The number of nitrogens with one attached hydrogen (secondary N) is 1. The summed E-state index contributed by atoms with van der Waals surface area (Å²) >= 11 is 0. The molecule has 0 heterocycles. The molecular weight excluding hydrogens is 526 g/mol. The molecule has 0 radical (unpaired) electrons. The van der Waals surface area contributed by atoms with Gasteiger partial charge in [-0.2, -0.15) is 0 Å². The van der Waals surface area contributed by atoms with Crippen LogP contribution in [0.2, 0.25) is 0 Å². The van der Waals surface area contributed by atoms with Crippen LogP contribution in [-0.4, -0.2) is 57.1 Å². The van der Waals surface area contributed by atoms with Crippen molar-refractivity contribution >= 4 is 40.4 Å². The zero-order valence-corrected chi connectivity index (χ0v) is 25.1. The van der Waals surface area contributed by atoms with Crippen molar-refractivity contribution in [1.29, 1.82) is 0 Å². The molecule has 0 saturated heterocycles. The van der Waals surface area contributed by atoms with Gasteiger partial charge in [-0.15, -0.1) is 0 Å². The molecule has 0 amide bonds. The number of Topliss-reactive ketones (excluding diaryl/α,β-unsaturated/α-hetero) is 6. The second-order valence-corrected chi connectivity index (χ2v) is 13.5. The van der Waals surface area contributed by atoms with Crippen molar-refractivity contribution in [3.63, 3.8) is 0 Å². The van der Waals surface area contributed by atoms with E-state index in [9.17, 15) is 39.0 Å². The minimum atomic E-state index is -2.67. The van der Waals surface area contributed by atoms with Crippen LogP contribution in [0.4, 0.5) is 5.69 Å². The Morgan fingerprint density at radius 2 is 1.66 bits per heavy atom. The highest BCUT2D eigenvalue weighted by molar-refractivity contribution is 6.32. The minimum absolute atomic E-state index is 0.0389. The number of aromatic hydroxyl groups is 1. The summed E-state index contributed by atoms with van der Waals surface area (Å²) in [5, 5.41) is 26.1. The first-order valence-electron chi connectivity index (χ1n) is 14.4. The second kappa shape index (κ2) is 10.3. The smallest absolute Gasteiger partial charge is 0.190 e. The maximum absolute atomic E-state index is 14.2. The molecular formula is C32H41NO8. The largest absolute Gasteiger partial charge is 0.505 e. The van der Waals surface area contributed by atoms with Crippen molar-refractivity contribution in [3.05, 3.63) is 22.8 Å². The van der Waals surface area contributed by atoms with Gasteiger partial charge in [-0.25, -0.2) is 0 Å². The van der Waals surface area contributed by atoms with Gasteiger partial charge >= 0.3 is 0 Å². The van der Waals surface area contributed by atoms with Crippen molar-refractivity contribution in [1.82, 2.24) is 0 Å². The zero-order chi connectivity index (χ0) is 30.9. The molecule has 9 heteroatoms. The third-order valence-corrected chi connectivity index (χ3v) is 9.62. The number of phenols is 1. The monoisotopic (exact) mass is 567 g/mol. The van der Waals surface area contributed by atoms with Crippen LogP contribution in [0, 0.1) is 40.9 Å². The molecule has 3 unspecified atom stereocenters. The number of aliphatic hydroxyl groups is 1. The van der Waals surface area contributed by atoms with Gasteiger partial charge in [-0.3, -0.25) is 28.8 Å². The van der Waals surface area contributed by atoms with Gasteiger partial charge in [-0.1, -0.05) is 48.5 Å². The van der Waals surface area contributed by atoms with E-state index in [1.54, 1.807) is 40.7 Å². The molecule has 4 rings (SSSR count). The Bertz CT molecular complexity index is 1370. The Morgan fingerprint density at radius 1 is 1.05 bits per heavy atom. The topological polar surface area (TPSA) is 155 Å². The predicted molar refractivity (Wildman–Crippen MR) is 151 cm³/mol. The third-order valence-electron chi connectivity index (χ3n) is 9.62. The standard InChI is InChI=1S/C32H41NO8/c1-13(2)17-9-20(33-12-21(35)14(3)4)26(36)24-18(17)10-31(8)11-19-22(15(5)6)27(37)23(16(7)34)29(39)32(19,41)30(40)25(31)28(24)38/h9,13-15,19,22-23,25,33,36,41H,10-12H2,1-8H3/t19-,22?,23?,25?,31-,32+/m1/s1. The number of ketones is 6. The second-order valence-electron chi connectivity index (χ2n) is 13.5. The summed E-state index contributed by atoms with van der Waals surface area (Å²) in [6.45, 7) is 13.7. The third kappa shape index (κ3) is 4.47. The quantitative estimate of drug-likeness (QED) is 0.332. The lowest BCUT2D eigenvalue weighted by Gasteiger charge is -2.56. The molecule has 6 atom stereocenters. The van der Waals surface area contributed by atoms with Crippen LogP contribution in [0.15, 0.2) is 6.07 Å². The van der Waals surface area contributed by atoms with Crippen molar-refractivity contribution in [3.8, 4) is 5.75 Å². The number of phenolic OH excluding ortho intramolecular Hbond substituents is 1. The fraction of sp³-hybridized carbons (Fsp3) is 0.625. The van der Waals surface area contributed by atoms with E-state index in [4.69, 9.17) is 0 Å². The van der Waals surface area contributed by atoms with Crippen molar-refractivity contribution in [2.45, 2.75) is 79.8 Å². The van der Waals surface area contributed by atoms with Gasteiger partial charge in [0, 0.05) is 17.8 Å². The SMILES string of the molecule is CC(=O)C1C(=O)C(C(C)C)[C@H]2C[C@@]3(C)Cc4c(C(C)C)cc(NCC(=O)C(C)C)c(O)c4C(=O)C3C(=O)[C@@]2(O)C1=O. The van der Waals surface area contributed by atoms with Crippen LogP contribution >= 0.6 is 0 Å². The number of benzene rings is 1. The van der Waals surface area contributed by atoms with Gasteiger partial charge < -0.3 is 15.5 Å². The van der Waals surface area contributed by atoms with E-state index in [1.165, 1.54) is 0 Å². The van der Waals surface area contributed by atoms with E-state index in [0.717, 1.165) is 12.5 Å². The van der Waals surface area contributed by atoms with Crippen LogP contribution in [-0.2, 0) is 30.4 Å². The van der Waals surface area contributed by atoms with Crippen molar-refractivity contribution < 1.29 is 39.0 Å². The molecule has 41 heavy (non-hydrogen) atoms. The van der Waals surface area contributed by atoms with Crippen LogP contribution < -0.4 is 5.32 Å². The number of rotatable bonds is 7. The highest BCUT2D eigenvalue weighted by Gasteiger charge is 2.71. The molecule has 0 bridgehead atoms. The lowest BCUT2D eigenvalue weighted by Crippen LogP contribution is -2.72. The average molecular weight is 568 g/mol. The number of hydrogen-bond donors (Lipinski definition) is 3. The van der Waals surface area contributed by atoms with Crippen LogP contribution in [0.1, 0.15) is 89.2 Å². The Kier molecular flexibility index (Phi) is 7.70.